The van der Waals surface area contributed by atoms with Gasteiger partial charge in [-0.1, -0.05) is 12.1 Å². The molecule has 0 aliphatic carbocycles. The molecule has 0 radical (unpaired) electrons. The average Bonchev–Trinajstić information content (AvgIpc) is 2.56. The summed E-state index contributed by atoms with van der Waals surface area (Å²) in [5.41, 5.74) is 1.65. The maximum atomic E-state index is 13.4. The van der Waals surface area contributed by atoms with Gasteiger partial charge in [0.05, 0.1) is 0 Å². The average molecular weight is 334 g/mol. The van der Waals surface area contributed by atoms with Crippen molar-refractivity contribution in [3.05, 3.63) is 59.2 Å². The van der Waals surface area contributed by atoms with Gasteiger partial charge < -0.3 is 20.8 Å². The zero-order valence-electron chi connectivity index (χ0n) is 13.1. The number of piperazine rings is 1. The second kappa shape index (κ2) is 7.15. The van der Waals surface area contributed by atoms with Crippen LogP contribution in [0.3, 0.4) is 0 Å². The lowest BCUT2D eigenvalue weighted by atomic mass is 9.99. The van der Waals surface area contributed by atoms with Crippen LogP contribution in [0.25, 0.3) is 0 Å². The highest BCUT2D eigenvalue weighted by Gasteiger charge is 2.21. The molecule has 0 aromatic heterocycles. The molecule has 0 saturated carbocycles. The molecule has 0 spiro atoms. The van der Waals surface area contributed by atoms with Crippen molar-refractivity contribution >= 4 is 0 Å². The summed E-state index contributed by atoms with van der Waals surface area (Å²) in [5, 5.41) is 25.2. The summed E-state index contributed by atoms with van der Waals surface area (Å²) in [6.07, 6.45) is 1.31. The fraction of sp³-hybridized carbons (Fsp3) is 0.333. The normalized spacial score (nSPS) is 20.9. The van der Waals surface area contributed by atoms with E-state index in [1.807, 2.05) is 0 Å². The van der Waals surface area contributed by atoms with E-state index in [0.29, 0.717) is 25.9 Å². The van der Waals surface area contributed by atoms with Gasteiger partial charge in [0.2, 0.25) is 0 Å². The number of rotatable bonds is 4. The first-order valence-corrected chi connectivity index (χ1v) is 7.93. The molecule has 2 aromatic rings. The SMILES string of the molecule is Oc1ccc(C[C@H]2CN[C@@H](Cc3ccc(O)c(F)c3)CN2)cc1F. The van der Waals surface area contributed by atoms with E-state index in [0.717, 1.165) is 11.1 Å². The molecule has 1 aliphatic rings. The molecule has 0 bridgehead atoms. The van der Waals surface area contributed by atoms with E-state index in [4.69, 9.17) is 0 Å². The highest BCUT2D eigenvalue weighted by molar-refractivity contribution is 5.29. The van der Waals surface area contributed by atoms with Gasteiger partial charge in [-0.3, -0.25) is 0 Å². The van der Waals surface area contributed by atoms with Crippen molar-refractivity contribution in [1.82, 2.24) is 10.6 Å². The third-order valence-electron chi connectivity index (χ3n) is 4.29. The Bertz CT molecular complexity index is 655. The highest BCUT2D eigenvalue weighted by Crippen LogP contribution is 2.19. The molecular weight excluding hydrogens is 314 g/mol. The molecule has 0 unspecified atom stereocenters. The number of hydrogen-bond acceptors (Lipinski definition) is 4. The summed E-state index contributed by atoms with van der Waals surface area (Å²) >= 11 is 0. The van der Waals surface area contributed by atoms with Crippen molar-refractivity contribution in [3.8, 4) is 11.5 Å². The van der Waals surface area contributed by atoms with Gasteiger partial charge in [0.15, 0.2) is 23.1 Å². The summed E-state index contributed by atoms with van der Waals surface area (Å²) < 4.78 is 26.7. The van der Waals surface area contributed by atoms with Gasteiger partial charge in [-0.2, -0.15) is 0 Å². The van der Waals surface area contributed by atoms with Crippen LogP contribution in [0, 0.1) is 11.6 Å². The number of halogens is 2. The van der Waals surface area contributed by atoms with Crippen LogP contribution in [0.2, 0.25) is 0 Å². The lowest BCUT2D eigenvalue weighted by Gasteiger charge is -2.31. The van der Waals surface area contributed by atoms with Crippen LogP contribution in [0.15, 0.2) is 36.4 Å². The second-order valence-corrected chi connectivity index (χ2v) is 6.19. The predicted molar refractivity (Wildman–Crippen MR) is 87.1 cm³/mol. The second-order valence-electron chi connectivity index (χ2n) is 6.19. The summed E-state index contributed by atoms with van der Waals surface area (Å²) in [7, 11) is 0. The molecule has 1 saturated heterocycles. The molecule has 1 heterocycles. The van der Waals surface area contributed by atoms with Crippen LogP contribution in [-0.4, -0.2) is 35.4 Å². The van der Waals surface area contributed by atoms with Crippen molar-refractivity contribution in [2.24, 2.45) is 0 Å². The fourth-order valence-electron chi connectivity index (χ4n) is 2.97. The van der Waals surface area contributed by atoms with E-state index in [2.05, 4.69) is 10.6 Å². The quantitative estimate of drug-likeness (QED) is 0.691. The minimum Gasteiger partial charge on any atom is -0.505 e. The molecule has 6 heteroatoms. The van der Waals surface area contributed by atoms with Crippen LogP contribution in [0.4, 0.5) is 8.78 Å². The Labute approximate surface area is 139 Å². The number of phenols is 2. The van der Waals surface area contributed by atoms with Crippen molar-refractivity contribution in [2.45, 2.75) is 24.9 Å². The Morgan fingerprint density at radius 3 is 1.54 bits per heavy atom. The first-order valence-electron chi connectivity index (χ1n) is 7.93. The zero-order valence-corrected chi connectivity index (χ0v) is 13.1. The third-order valence-corrected chi connectivity index (χ3v) is 4.29. The molecular formula is C18H20F2N2O2. The summed E-state index contributed by atoms with van der Waals surface area (Å²) in [6.45, 7) is 1.43. The molecule has 128 valence electrons. The number of phenolic OH excluding ortho intramolecular Hbond substituents is 2. The van der Waals surface area contributed by atoms with E-state index in [1.165, 1.54) is 24.3 Å². The van der Waals surface area contributed by atoms with Gasteiger partial charge in [-0.15, -0.1) is 0 Å². The summed E-state index contributed by atoms with van der Waals surface area (Å²) in [5.74, 6) is -1.89. The van der Waals surface area contributed by atoms with Crippen LogP contribution >= 0.6 is 0 Å². The van der Waals surface area contributed by atoms with E-state index < -0.39 is 11.6 Å². The van der Waals surface area contributed by atoms with Gasteiger partial charge in [0.25, 0.3) is 0 Å². The predicted octanol–water partition coefficient (Wildman–Crippen LogP) is 2.09. The Hall–Kier alpha value is -2.18. The van der Waals surface area contributed by atoms with E-state index >= 15 is 0 Å². The first-order chi connectivity index (χ1) is 11.5. The van der Waals surface area contributed by atoms with E-state index in [1.54, 1.807) is 12.1 Å². The molecule has 24 heavy (non-hydrogen) atoms. The molecule has 1 aliphatic heterocycles. The number of benzene rings is 2. The molecule has 0 amide bonds. The van der Waals surface area contributed by atoms with E-state index in [-0.39, 0.29) is 23.6 Å². The fourth-order valence-corrected chi connectivity index (χ4v) is 2.97. The molecule has 2 aromatic carbocycles. The van der Waals surface area contributed by atoms with Crippen molar-refractivity contribution in [1.29, 1.82) is 0 Å². The summed E-state index contributed by atoms with van der Waals surface area (Å²) in [6, 6.07) is 9.19. The smallest absolute Gasteiger partial charge is 0.165 e. The minimum atomic E-state index is -0.608. The Balaban J connectivity index is 1.51. The van der Waals surface area contributed by atoms with Gasteiger partial charge in [0.1, 0.15) is 0 Å². The van der Waals surface area contributed by atoms with Gasteiger partial charge in [0, 0.05) is 25.2 Å². The van der Waals surface area contributed by atoms with Gasteiger partial charge >= 0.3 is 0 Å². The Morgan fingerprint density at radius 1 is 0.792 bits per heavy atom. The topological polar surface area (TPSA) is 64.5 Å². The Kier molecular flexibility index (Phi) is 4.97. The standard InChI is InChI=1S/C18H20F2N2O2/c19-15-7-11(1-3-17(15)23)5-13-9-22-14(10-21-13)6-12-2-4-18(24)16(20)8-12/h1-4,7-8,13-14,21-24H,5-6,9-10H2/t13-,14-/m0/s1. The van der Waals surface area contributed by atoms with E-state index in [9.17, 15) is 19.0 Å². The molecule has 2 atom stereocenters. The highest BCUT2D eigenvalue weighted by atomic mass is 19.1. The van der Waals surface area contributed by atoms with Gasteiger partial charge in [-0.25, -0.2) is 8.78 Å². The number of hydrogen-bond donors (Lipinski definition) is 4. The van der Waals surface area contributed by atoms with Crippen LogP contribution in [0.5, 0.6) is 11.5 Å². The molecule has 4 N–H and O–H groups in total. The molecule has 4 nitrogen and oxygen atoms in total. The first kappa shape index (κ1) is 16.7. The van der Waals surface area contributed by atoms with Crippen LogP contribution < -0.4 is 10.6 Å². The van der Waals surface area contributed by atoms with Crippen molar-refractivity contribution < 1.29 is 19.0 Å². The minimum absolute atomic E-state index is 0.168. The lowest BCUT2D eigenvalue weighted by Crippen LogP contribution is -2.55. The molecule has 1 fully saturated rings. The lowest BCUT2D eigenvalue weighted by molar-refractivity contribution is 0.341. The van der Waals surface area contributed by atoms with Crippen LogP contribution in [0.1, 0.15) is 11.1 Å². The number of nitrogens with one attached hydrogen (secondary N) is 2. The Morgan fingerprint density at radius 2 is 1.21 bits per heavy atom. The maximum absolute atomic E-state index is 13.4. The maximum Gasteiger partial charge on any atom is 0.165 e. The van der Waals surface area contributed by atoms with Crippen LogP contribution in [-0.2, 0) is 12.8 Å². The third kappa shape index (κ3) is 4.01. The van der Waals surface area contributed by atoms with Crippen molar-refractivity contribution in [2.75, 3.05) is 13.1 Å². The zero-order chi connectivity index (χ0) is 17.1. The van der Waals surface area contributed by atoms with Crippen molar-refractivity contribution in [3.63, 3.8) is 0 Å². The monoisotopic (exact) mass is 334 g/mol. The van der Waals surface area contributed by atoms with Gasteiger partial charge in [-0.05, 0) is 48.2 Å². The number of aromatic hydroxyl groups is 2. The molecule has 3 rings (SSSR count). The summed E-state index contributed by atoms with van der Waals surface area (Å²) in [4.78, 5) is 0. The largest absolute Gasteiger partial charge is 0.505 e.